The van der Waals surface area contributed by atoms with Crippen molar-refractivity contribution >= 4 is 17.6 Å². The van der Waals surface area contributed by atoms with E-state index in [-0.39, 0.29) is 0 Å². The van der Waals surface area contributed by atoms with E-state index in [1.54, 1.807) is 6.20 Å². The molecular weight excluding hydrogens is 206 g/mol. The predicted molar refractivity (Wildman–Crippen MR) is 67.5 cm³/mol. The Morgan fingerprint density at radius 3 is 3.07 bits per heavy atom. The van der Waals surface area contributed by atoms with E-state index in [9.17, 15) is 0 Å². The van der Waals surface area contributed by atoms with Crippen LogP contribution in [0.1, 0.15) is 11.4 Å². The van der Waals surface area contributed by atoms with E-state index >= 15 is 0 Å². The Labute approximate surface area is 95.4 Å². The molecule has 0 atom stereocenters. The van der Waals surface area contributed by atoms with Crippen LogP contribution in [0.2, 0.25) is 0 Å². The third-order valence-electron chi connectivity index (χ3n) is 1.85. The van der Waals surface area contributed by atoms with Gasteiger partial charge in [-0.15, -0.1) is 6.58 Å². The van der Waals surface area contributed by atoms with Crippen molar-refractivity contribution in [2.24, 2.45) is 0 Å². The first-order valence-corrected chi connectivity index (χ1v) is 6.12. The summed E-state index contributed by atoms with van der Waals surface area (Å²) in [7, 11) is 0. The maximum Gasteiger partial charge on any atom is 0.147 e. The van der Waals surface area contributed by atoms with Crippen molar-refractivity contribution in [3.63, 3.8) is 0 Å². The Morgan fingerprint density at radius 1 is 1.53 bits per heavy atom. The largest absolute Gasteiger partial charge is 0.368 e. The summed E-state index contributed by atoms with van der Waals surface area (Å²) >= 11 is 1.85. The first kappa shape index (κ1) is 12.0. The number of nitrogens with zero attached hydrogens (tertiary/aromatic N) is 2. The zero-order valence-electron chi connectivity index (χ0n) is 9.29. The first-order valence-electron chi connectivity index (χ1n) is 4.97. The van der Waals surface area contributed by atoms with Gasteiger partial charge in [-0.2, -0.15) is 11.8 Å². The fourth-order valence-corrected chi connectivity index (χ4v) is 1.69. The molecule has 0 fully saturated rings. The Hall–Kier alpha value is -1.03. The Balaban J connectivity index is 2.36. The summed E-state index contributed by atoms with van der Waals surface area (Å²) in [4.78, 5) is 8.63. The van der Waals surface area contributed by atoms with Crippen molar-refractivity contribution in [3.8, 4) is 0 Å². The predicted octanol–water partition coefficient (Wildman–Crippen LogP) is 2.42. The van der Waals surface area contributed by atoms with Gasteiger partial charge in [0, 0.05) is 24.2 Å². The van der Waals surface area contributed by atoms with Crippen LogP contribution in [-0.2, 0) is 0 Å². The van der Waals surface area contributed by atoms with E-state index < -0.39 is 0 Å². The minimum Gasteiger partial charge on any atom is -0.368 e. The molecule has 1 N–H and O–H groups in total. The van der Waals surface area contributed by atoms with Gasteiger partial charge in [-0.3, -0.25) is 4.98 Å². The second-order valence-electron chi connectivity index (χ2n) is 3.24. The van der Waals surface area contributed by atoms with E-state index in [4.69, 9.17) is 0 Å². The molecule has 3 nitrogen and oxygen atoms in total. The molecule has 82 valence electrons. The molecule has 0 saturated carbocycles. The molecule has 0 aromatic carbocycles. The van der Waals surface area contributed by atoms with Crippen molar-refractivity contribution in [2.75, 3.05) is 23.4 Å². The number of thioether (sulfide) groups is 1. The maximum absolute atomic E-state index is 4.39. The van der Waals surface area contributed by atoms with Gasteiger partial charge < -0.3 is 5.32 Å². The molecule has 4 heteroatoms. The van der Waals surface area contributed by atoms with Crippen molar-refractivity contribution in [2.45, 2.75) is 13.8 Å². The maximum atomic E-state index is 4.39. The van der Waals surface area contributed by atoms with Crippen LogP contribution in [0.5, 0.6) is 0 Å². The average Bonchev–Trinajstić information content (AvgIpc) is 2.23. The van der Waals surface area contributed by atoms with Gasteiger partial charge in [0.15, 0.2) is 0 Å². The van der Waals surface area contributed by atoms with Crippen LogP contribution in [0.15, 0.2) is 18.9 Å². The normalized spacial score (nSPS) is 10.0. The lowest BCUT2D eigenvalue weighted by molar-refractivity contribution is 1.04. The molecule has 0 spiro atoms. The Bertz CT molecular complexity index is 326. The van der Waals surface area contributed by atoms with Gasteiger partial charge >= 0.3 is 0 Å². The van der Waals surface area contributed by atoms with Gasteiger partial charge in [0.1, 0.15) is 5.82 Å². The van der Waals surface area contributed by atoms with E-state index in [0.29, 0.717) is 0 Å². The number of aryl methyl sites for hydroxylation is 2. The SMILES string of the molecule is C=CCSCCNc1nc(C)cnc1C. The number of hydrogen-bond donors (Lipinski definition) is 1. The lowest BCUT2D eigenvalue weighted by atomic mass is 10.4. The highest BCUT2D eigenvalue weighted by Crippen LogP contribution is 2.08. The van der Waals surface area contributed by atoms with Crippen LogP contribution in [0.4, 0.5) is 5.82 Å². The number of aromatic nitrogens is 2. The molecule has 0 saturated heterocycles. The highest BCUT2D eigenvalue weighted by Gasteiger charge is 1.99. The lowest BCUT2D eigenvalue weighted by Gasteiger charge is -2.07. The third-order valence-corrected chi connectivity index (χ3v) is 2.81. The van der Waals surface area contributed by atoms with Crippen molar-refractivity contribution < 1.29 is 0 Å². The van der Waals surface area contributed by atoms with Gasteiger partial charge in [0.25, 0.3) is 0 Å². The standard InChI is InChI=1S/C11H17N3S/c1-4-6-15-7-5-12-11-10(3)13-8-9(2)14-11/h4,8H,1,5-7H2,2-3H3,(H,12,14). The molecule has 0 aliphatic rings. The Kier molecular flexibility index (Phi) is 5.18. The minimum atomic E-state index is 0.897. The summed E-state index contributed by atoms with van der Waals surface area (Å²) in [6.45, 7) is 8.51. The van der Waals surface area contributed by atoms with Crippen LogP contribution in [0.25, 0.3) is 0 Å². The van der Waals surface area contributed by atoms with E-state index in [0.717, 1.165) is 35.3 Å². The van der Waals surface area contributed by atoms with Crippen LogP contribution in [0, 0.1) is 13.8 Å². The molecule has 0 amide bonds. The zero-order chi connectivity index (χ0) is 11.1. The number of hydrogen-bond acceptors (Lipinski definition) is 4. The minimum absolute atomic E-state index is 0.897. The lowest BCUT2D eigenvalue weighted by Crippen LogP contribution is -2.08. The summed E-state index contributed by atoms with van der Waals surface area (Å²) in [6.07, 6.45) is 3.70. The van der Waals surface area contributed by atoms with Gasteiger partial charge in [0.05, 0.1) is 11.4 Å². The molecule has 1 heterocycles. The summed E-state index contributed by atoms with van der Waals surface area (Å²) in [6, 6.07) is 0. The van der Waals surface area contributed by atoms with Gasteiger partial charge in [-0.05, 0) is 13.8 Å². The molecular formula is C11H17N3S. The highest BCUT2D eigenvalue weighted by molar-refractivity contribution is 7.99. The number of rotatable bonds is 6. The van der Waals surface area contributed by atoms with Crippen LogP contribution >= 0.6 is 11.8 Å². The molecule has 1 rings (SSSR count). The number of anilines is 1. The number of nitrogens with one attached hydrogen (secondary N) is 1. The monoisotopic (exact) mass is 223 g/mol. The zero-order valence-corrected chi connectivity index (χ0v) is 10.1. The van der Waals surface area contributed by atoms with Crippen LogP contribution in [-0.4, -0.2) is 28.0 Å². The van der Waals surface area contributed by atoms with E-state index in [1.165, 1.54) is 0 Å². The molecule has 15 heavy (non-hydrogen) atoms. The fourth-order valence-electron chi connectivity index (χ4n) is 1.11. The molecule has 0 bridgehead atoms. The molecule has 0 aliphatic carbocycles. The second kappa shape index (κ2) is 6.45. The van der Waals surface area contributed by atoms with Crippen molar-refractivity contribution in [1.29, 1.82) is 0 Å². The van der Waals surface area contributed by atoms with Gasteiger partial charge in [0.2, 0.25) is 0 Å². The van der Waals surface area contributed by atoms with Gasteiger partial charge in [-0.1, -0.05) is 6.08 Å². The summed E-state index contributed by atoms with van der Waals surface area (Å²) in [5, 5.41) is 3.28. The molecule has 1 aromatic rings. The van der Waals surface area contributed by atoms with Crippen LogP contribution < -0.4 is 5.32 Å². The van der Waals surface area contributed by atoms with Crippen molar-refractivity contribution in [1.82, 2.24) is 9.97 Å². The molecule has 1 aromatic heterocycles. The van der Waals surface area contributed by atoms with Crippen LogP contribution in [0.3, 0.4) is 0 Å². The summed E-state index contributed by atoms with van der Waals surface area (Å²) in [5.41, 5.74) is 1.90. The van der Waals surface area contributed by atoms with E-state index in [1.807, 2.05) is 31.7 Å². The second-order valence-corrected chi connectivity index (χ2v) is 4.39. The molecule has 0 unspecified atom stereocenters. The first-order chi connectivity index (χ1) is 7.24. The Morgan fingerprint density at radius 2 is 2.33 bits per heavy atom. The fraction of sp³-hybridized carbons (Fsp3) is 0.455. The van der Waals surface area contributed by atoms with Crippen molar-refractivity contribution in [3.05, 3.63) is 30.2 Å². The molecule has 0 aliphatic heterocycles. The smallest absolute Gasteiger partial charge is 0.147 e. The topological polar surface area (TPSA) is 37.8 Å². The summed E-state index contributed by atoms with van der Waals surface area (Å²) < 4.78 is 0. The average molecular weight is 223 g/mol. The molecule has 0 radical (unpaired) electrons. The van der Waals surface area contributed by atoms with E-state index in [2.05, 4.69) is 21.9 Å². The summed E-state index contributed by atoms with van der Waals surface area (Å²) in [5.74, 6) is 2.95. The van der Waals surface area contributed by atoms with Gasteiger partial charge in [-0.25, -0.2) is 4.98 Å². The third kappa shape index (κ3) is 4.34. The highest BCUT2D eigenvalue weighted by atomic mass is 32.2. The quantitative estimate of drug-likeness (QED) is 0.594.